The van der Waals surface area contributed by atoms with Crippen LogP contribution in [-0.4, -0.2) is 21.9 Å². The zero-order valence-corrected chi connectivity index (χ0v) is 12.7. The van der Waals surface area contributed by atoms with Crippen LogP contribution in [0.5, 0.6) is 5.75 Å². The Morgan fingerprint density at radius 1 is 1.28 bits per heavy atom. The van der Waals surface area contributed by atoms with Crippen LogP contribution in [0, 0.1) is 0 Å². The van der Waals surface area contributed by atoms with E-state index in [1.54, 1.807) is 7.11 Å². The molecule has 96 valence electrons. The second kappa shape index (κ2) is 5.28. The predicted molar refractivity (Wildman–Crippen MR) is 74.7 cm³/mol. The van der Waals surface area contributed by atoms with Crippen molar-refractivity contribution in [1.29, 1.82) is 0 Å². The first-order valence-corrected chi connectivity index (χ1v) is 6.65. The number of aromatic nitrogens is 3. The average Bonchev–Trinajstić information content (AvgIpc) is 2.70. The molecule has 0 radical (unpaired) electrons. The molecule has 0 amide bonds. The van der Waals surface area contributed by atoms with Gasteiger partial charge in [-0.25, -0.2) is 0 Å². The minimum atomic E-state index is 0.231. The lowest BCUT2D eigenvalue weighted by atomic mass is 10.2. The standard InChI is InChI=1S/C12H13BrClN3O/c1-7(2)11-15-16-12(14)17(11)9-4-8(13)5-10(6-9)18-3/h4-7H,1-3H3. The third-order valence-corrected chi connectivity index (χ3v) is 3.22. The molecule has 4 nitrogen and oxygen atoms in total. The van der Waals surface area contributed by atoms with Gasteiger partial charge in [-0.1, -0.05) is 29.8 Å². The van der Waals surface area contributed by atoms with Crippen LogP contribution in [0.2, 0.25) is 5.28 Å². The maximum Gasteiger partial charge on any atom is 0.229 e. The van der Waals surface area contributed by atoms with Crippen molar-refractivity contribution in [3.63, 3.8) is 0 Å². The van der Waals surface area contributed by atoms with Crippen LogP contribution in [0.1, 0.15) is 25.6 Å². The zero-order chi connectivity index (χ0) is 13.3. The Kier molecular flexibility index (Phi) is 3.92. The van der Waals surface area contributed by atoms with Gasteiger partial charge in [0.15, 0.2) is 0 Å². The quantitative estimate of drug-likeness (QED) is 0.859. The lowest BCUT2D eigenvalue weighted by molar-refractivity contribution is 0.414. The van der Waals surface area contributed by atoms with Crippen molar-refractivity contribution in [2.75, 3.05) is 7.11 Å². The minimum Gasteiger partial charge on any atom is -0.497 e. The summed E-state index contributed by atoms with van der Waals surface area (Å²) in [5, 5.41) is 8.37. The summed E-state index contributed by atoms with van der Waals surface area (Å²) < 4.78 is 7.98. The highest BCUT2D eigenvalue weighted by atomic mass is 79.9. The van der Waals surface area contributed by atoms with Crippen molar-refractivity contribution in [3.05, 3.63) is 33.8 Å². The van der Waals surface area contributed by atoms with Crippen LogP contribution >= 0.6 is 27.5 Å². The summed E-state index contributed by atoms with van der Waals surface area (Å²) in [4.78, 5) is 0. The first kappa shape index (κ1) is 13.4. The van der Waals surface area contributed by atoms with Gasteiger partial charge < -0.3 is 4.74 Å². The Morgan fingerprint density at radius 3 is 2.61 bits per heavy atom. The van der Waals surface area contributed by atoms with E-state index in [1.165, 1.54) is 0 Å². The molecule has 6 heteroatoms. The molecule has 1 heterocycles. The van der Waals surface area contributed by atoms with Crippen molar-refractivity contribution in [3.8, 4) is 11.4 Å². The Balaban J connectivity index is 2.61. The topological polar surface area (TPSA) is 39.9 Å². The van der Waals surface area contributed by atoms with E-state index in [4.69, 9.17) is 16.3 Å². The largest absolute Gasteiger partial charge is 0.497 e. The lowest BCUT2D eigenvalue weighted by Gasteiger charge is -2.11. The molecule has 0 unspecified atom stereocenters. The summed E-state index contributed by atoms with van der Waals surface area (Å²) in [5.41, 5.74) is 0.875. The first-order valence-electron chi connectivity index (χ1n) is 5.48. The maximum atomic E-state index is 6.10. The van der Waals surface area contributed by atoms with Crippen molar-refractivity contribution >= 4 is 27.5 Å². The summed E-state index contributed by atoms with van der Waals surface area (Å²) in [6.45, 7) is 4.10. The number of benzene rings is 1. The van der Waals surface area contributed by atoms with E-state index < -0.39 is 0 Å². The number of rotatable bonds is 3. The van der Waals surface area contributed by atoms with Crippen LogP contribution in [-0.2, 0) is 0 Å². The Labute approximate surface area is 119 Å². The molecule has 1 aromatic heterocycles. The summed E-state index contributed by atoms with van der Waals surface area (Å²) in [5.74, 6) is 1.80. The number of hydrogen-bond donors (Lipinski definition) is 0. The van der Waals surface area contributed by atoms with Crippen LogP contribution in [0.15, 0.2) is 22.7 Å². The first-order chi connectivity index (χ1) is 8.52. The fraction of sp³-hybridized carbons (Fsp3) is 0.333. The highest BCUT2D eigenvalue weighted by molar-refractivity contribution is 9.10. The molecule has 1 aromatic carbocycles. The van der Waals surface area contributed by atoms with Crippen LogP contribution in [0.3, 0.4) is 0 Å². The summed E-state index contributed by atoms with van der Waals surface area (Å²) in [6.07, 6.45) is 0. The monoisotopic (exact) mass is 329 g/mol. The Morgan fingerprint density at radius 2 is 2.00 bits per heavy atom. The fourth-order valence-corrected chi connectivity index (χ4v) is 2.37. The van der Waals surface area contributed by atoms with Gasteiger partial charge >= 0.3 is 0 Å². The molecule has 0 aliphatic heterocycles. The summed E-state index contributed by atoms with van der Waals surface area (Å²) in [7, 11) is 1.63. The Bertz CT molecular complexity index is 568. The number of hydrogen-bond acceptors (Lipinski definition) is 3. The van der Waals surface area contributed by atoms with E-state index in [1.807, 2.05) is 36.6 Å². The number of methoxy groups -OCH3 is 1. The molecule has 0 bridgehead atoms. The van der Waals surface area contributed by atoms with Crippen LogP contribution in [0.4, 0.5) is 0 Å². The molecule has 0 saturated carbocycles. The van der Waals surface area contributed by atoms with Crippen molar-refractivity contribution in [2.45, 2.75) is 19.8 Å². The molecule has 18 heavy (non-hydrogen) atoms. The van der Waals surface area contributed by atoms with Crippen molar-refractivity contribution < 1.29 is 4.74 Å². The van der Waals surface area contributed by atoms with Gasteiger partial charge in [0.05, 0.1) is 12.8 Å². The van der Waals surface area contributed by atoms with Gasteiger partial charge in [-0.2, -0.15) is 0 Å². The molecule has 0 spiro atoms. The number of halogens is 2. The lowest BCUT2D eigenvalue weighted by Crippen LogP contribution is -2.03. The average molecular weight is 331 g/mol. The van der Waals surface area contributed by atoms with Gasteiger partial charge in [-0.3, -0.25) is 4.57 Å². The van der Waals surface area contributed by atoms with E-state index in [0.717, 1.165) is 21.7 Å². The molecule has 0 N–H and O–H groups in total. The van der Waals surface area contributed by atoms with Gasteiger partial charge in [0.25, 0.3) is 0 Å². The second-order valence-electron chi connectivity index (χ2n) is 4.17. The van der Waals surface area contributed by atoms with Crippen molar-refractivity contribution in [2.24, 2.45) is 0 Å². The molecule has 0 aliphatic rings. The van der Waals surface area contributed by atoms with E-state index in [0.29, 0.717) is 5.28 Å². The van der Waals surface area contributed by atoms with Gasteiger partial charge in [0, 0.05) is 16.5 Å². The smallest absolute Gasteiger partial charge is 0.229 e. The number of nitrogens with zero attached hydrogens (tertiary/aromatic N) is 3. The molecule has 0 saturated heterocycles. The van der Waals surface area contributed by atoms with Crippen LogP contribution < -0.4 is 4.74 Å². The molecular formula is C12H13BrClN3O. The maximum absolute atomic E-state index is 6.10. The van der Waals surface area contributed by atoms with E-state index in [9.17, 15) is 0 Å². The molecule has 0 atom stereocenters. The molecule has 2 rings (SSSR count). The SMILES string of the molecule is COc1cc(Br)cc(-n2c(Cl)nnc2C(C)C)c1. The second-order valence-corrected chi connectivity index (χ2v) is 5.42. The van der Waals surface area contributed by atoms with Gasteiger partial charge in [0.1, 0.15) is 11.6 Å². The zero-order valence-electron chi connectivity index (χ0n) is 10.3. The molecule has 0 fully saturated rings. The summed E-state index contributed by atoms with van der Waals surface area (Å²) in [6, 6.07) is 5.73. The highest BCUT2D eigenvalue weighted by Crippen LogP contribution is 2.28. The van der Waals surface area contributed by atoms with Gasteiger partial charge in [-0.05, 0) is 23.7 Å². The summed E-state index contributed by atoms with van der Waals surface area (Å²) >= 11 is 9.55. The molecular weight excluding hydrogens is 318 g/mol. The number of ether oxygens (including phenoxy) is 1. The molecule has 2 aromatic rings. The third-order valence-electron chi connectivity index (χ3n) is 2.51. The van der Waals surface area contributed by atoms with E-state index in [-0.39, 0.29) is 5.92 Å². The van der Waals surface area contributed by atoms with E-state index in [2.05, 4.69) is 26.1 Å². The normalized spacial score (nSPS) is 11.0. The van der Waals surface area contributed by atoms with E-state index >= 15 is 0 Å². The highest BCUT2D eigenvalue weighted by Gasteiger charge is 2.16. The Hall–Kier alpha value is -1.07. The van der Waals surface area contributed by atoms with Gasteiger partial charge in [0.2, 0.25) is 5.28 Å². The van der Waals surface area contributed by atoms with Gasteiger partial charge in [-0.15, -0.1) is 10.2 Å². The van der Waals surface area contributed by atoms with Crippen molar-refractivity contribution in [1.82, 2.24) is 14.8 Å². The molecule has 0 aliphatic carbocycles. The predicted octanol–water partition coefficient (Wildman–Crippen LogP) is 3.82. The minimum absolute atomic E-state index is 0.231. The fourth-order valence-electron chi connectivity index (χ4n) is 1.68. The van der Waals surface area contributed by atoms with Crippen LogP contribution in [0.25, 0.3) is 5.69 Å². The third kappa shape index (κ3) is 2.52.